The lowest BCUT2D eigenvalue weighted by molar-refractivity contribution is 0.223. The molecule has 0 saturated carbocycles. The fourth-order valence-corrected chi connectivity index (χ4v) is 13.1. The Bertz CT molecular complexity index is 3870. The molecule has 1 unspecified atom stereocenters. The Balaban J connectivity index is 0.830. The minimum absolute atomic E-state index is 0.105. The summed E-state index contributed by atoms with van der Waals surface area (Å²) in [4.78, 5) is 2.55. The maximum Gasteiger partial charge on any atom is 0.139 e. The van der Waals surface area contributed by atoms with Gasteiger partial charge in [0.25, 0.3) is 0 Å². The predicted octanol–water partition coefficient (Wildman–Crippen LogP) is 20.4. The Morgan fingerprint density at radius 1 is 0.613 bits per heavy atom. The molecule has 1 heterocycles. The van der Waals surface area contributed by atoms with Crippen molar-refractivity contribution in [2.45, 2.75) is 90.0 Å². The fourth-order valence-electron chi connectivity index (χ4n) is 13.1. The Labute approximate surface area is 474 Å². The Kier molecular flexibility index (Phi) is 14.5. The zero-order valence-electron chi connectivity index (χ0n) is 47.0. The van der Waals surface area contributed by atoms with Crippen LogP contribution in [0.25, 0.3) is 38.2 Å². The normalized spacial score (nSPS) is 16.9. The van der Waals surface area contributed by atoms with Gasteiger partial charge in [-0.15, -0.1) is 6.58 Å². The first-order chi connectivity index (χ1) is 39.2. The summed E-state index contributed by atoms with van der Waals surface area (Å²) in [6, 6.07) is 60.7. The van der Waals surface area contributed by atoms with Crippen LogP contribution >= 0.6 is 0 Å². The quantitative estimate of drug-likeness (QED) is 0.0547. The van der Waals surface area contributed by atoms with Gasteiger partial charge in [-0.05, 0) is 155 Å². The topological polar surface area (TPSA) is 21.7 Å². The molecule has 8 aromatic rings. The standard InChI is InChI=1S/C77H71NO2/c1-7-10-11-25-59(21-8-2)73(22-9-3)79-51-50-53-34-42-60(43-35-53)78(62-46-47-67-66-31-17-18-32-68(66)76(4,5)72(67)52-62)61-44-38-55(39-45-61)54-26-20-27-56(37-36-54)63-28-16-19-33-69(63)77(6)70-48-40-57-23-12-14-29-64(57)74(70)80-75-65-30-15-13-24-58(65)41-49-71(75)77/h7-10,12-19,22-24,26-44,46-49,52,61H,2,11,20-21,25,45,50-51H2,1,3-6H3/b10-7-,22-9-,73-59-. The molecule has 1 atom stereocenters. The van der Waals surface area contributed by atoms with Crippen LogP contribution in [0.1, 0.15) is 106 Å². The number of nitrogens with zero attached hydrogens (tertiary/aromatic N) is 1. The van der Waals surface area contributed by atoms with E-state index in [4.69, 9.17) is 9.47 Å². The molecule has 0 fully saturated rings. The van der Waals surface area contributed by atoms with E-state index >= 15 is 0 Å². The average Bonchev–Trinajstić information content (AvgIpc) is 3.66. The van der Waals surface area contributed by atoms with Gasteiger partial charge in [0.05, 0.1) is 18.1 Å². The molecule has 0 aromatic heterocycles. The summed E-state index contributed by atoms with van der Waals surface area (Å²) in [5.41, 5.74) is 18.3. The molecule has 1 aliphatic heterocycles. The van der Waals surface area contributed by atoms with Crippen molar-refractivity contribution in [3.63, 3.8) is 0 Å². The zero-order chi connectivity index (χ0) is 54.8. The van der Waals surface area contributed by atoms with Crippen molar-refractivity contribution in [3.05, 3.63) is 305 Å². The number of hydrogen-bond acceptors (Lipinski definition) is 3. The average molecular weight is 1040 g/mol. The van der Waals surface area contributed by atoms with Crippen LogP contribution in [-0.2, 0) is 22.0 Å². The molecule has 80 heavy (non-hydrogen) atoms. The second-order valence-electron chi connectivity index (χ2n) is 22.4. The van der Waals surface area contributed by atoms with Gasteiger partial charge in [-0.1, -0.05) is 220 Å². The van der Waals surface area contributed by atoms with Crippen LogP contribution < -0.4 is 9.64 Å². The van der Waals surface area contributed by atoms with Crippen molar-refractivity contribution in [1.29, 1.82) is 0 Å². The van der Waals surface area contributed by atoms with Crippen LogP contribution in [0.4, 0.5) is 11.4 Å². The lowest BCUT2D eigenvalue weighted by Crippen LogP contribution is -2.30. The largest absolute Gasteiger partial charge is 0.493 e. The van der Waals surface area contributed by atoms with E-state index in [2.05, 4.69) is 277 Å². The third-order valence-corrected chi connectivity index (χ3v) is 17.3. The van der Waals surface area contributed by atoms with E-state index in [-0.39, 0.29) is 11.5 Å². The maximum absolute atomic E-state index is 7.11. The molecule has 3 nitrogen and oxygen atoms in total. The number of rotatable bonds is 16. The van der Waals surface area contributed by atoms with Gasteiger partial charge in [-0.2, -0.15) is 0 Å². The van der Waals surface area contributed by atoms with Crippen molar-refractivity contribution < 1.29 is 9.47 Å². The van der Waals surface area contributed by atoms with E-state index in [1.54, 1.807) is 0 Å². The minimum atomic E-state index is -0.511. The molecular weight excluding hydrogens is 971 g/mol. The second-order valence-corrected chi connectivity index (χ2v) is 22.4. The van der Waals surface area contributed by atoms with E-state index in [1.165, 1.54) is 94.5 Å². The predicted molar refractivity (Wildman–Crippen MR) is 338 cm³/mol. The highest BCUT2D eigenvalue weighted by Crippen LogP contribution is 2.57. The van der Waals surface area contributed by atoms with Gasteiger partial charge in [0.1, 0.15) is 17.3 Å². The molecule has 396 valence electrons. The highest BCUT2D eigenvalue weighted by atomic mass is 16.5. The monoisotopic (exact) mass is 1040 g/mol. The highest BCUT2D eigenvalue weighted by molar-refractivity contribution is 5.97. The smallest absolute Gasteiger partial charge is 0.139 e. The molecule has 0 N–H and O–H groups in total. The van der Waals surface area contributed by atoms with E-state index < -0.39 is 5.41 Å². The maximum atomic E-state index is 7.11. The molecule has 4 aliphatic rings. The molecule has 0 bridgehead atoms. The van der Waals surface area contributed by atoms with Crippen molar-refractivity contribution >= 4 is 38.5 Å². The summed E-state index contributed by atoms with van der Waals surface area (Å²) >= 11 is 0. The number of ether oxygens (including phenoxy) is 2. The lowest BCUT2D eigenvalue weighted by atomic mass is 9.66. The van der Waals surface area contributed by atoms with E-state index in [0.717, 1.165) is 66.6 Å². The molecule has 0 spiro atoms. The molecular formula is C77H71NO2. The number of hydrogen-bond donors (Lipinski definition) is 0. The number of allylic oxidation sites excluding steroid dienone is 14. The van der Waals surface area contributed by atoms with Crippen LogP contribution in [-0.4, -0.2) is 12.6 Å². The van der Waals surface area contributed by atoms with Gasteiger partial charge in [-0.25, -0.2) is 0 Å². The summed E-state index contributed by atoms with van der Waals surface area (Å²) < 4.78 is 13.6. The first kappa shape index (κ1) is 52.1. The van der Waals surface area contributed by atoms with Crippen molar-refractivity contribution in [2.24, 2.45) is 0 Å². The van der Waals surface area contributed by atoms with Gasteiger partial charge in [0, 0.05) is 45.1 Å². The zero-order valence-corrected chi connectivity index (χ0v) is 47.0. The molecule has 12 rings (SSSR count). The SMILES string of the molecule is C=CC/C(CC/C=C\C)=C(\C=C/C)OCCc1ccc(N(c2ccc3c(c2)C(C)(C)c2ccccc2-3)C2C=CC(C3=CCC=C(c4ccccc4C4(C)c5ccc6ccccc6c5Oc5c4ccc4ccccc54)C=C3)=CC2)cc1. The van der Waals surface area contributed by atoms with E-state index in [9.17, 15) is 0 Å². The summed E-state index contributed by atoms with van der Waals surface area (Å²) in [5, 5.41) is 4.60. The van der Waals surface area contributed by atoms with Crippen molar-refractivity contribution in [2.75, 3.05) is 11.5 Å². The first-order valence-corrected chi connectivity index (χ1v) is 28.8. The Morgan fingerprint density at radius 3 is 1.93 bits per heavy atom. The Morgan fingerprint density at radius 2 is 1.24 bits per heavy atom. The van der Waals surface area contributed by atoms with Crippen LogP contribution in [0.2, 0.25) is 0 Å². The molecule has 3 aliphatic carbocycles. The number of benzene rings is 8. The summed E-state index contributed by atoms with van der Waals surface area (Å²) in [5.74, 6) is 2.84. The molecule has 0 radical (unpaired) electrons. The fraction of sp³-hybridized carbons (Fsp3) is 0.195. The van der Waals surface area contributed by atoms with Crippen molar-refractivity contribution in [1.82, 2.24) is 0 Å². The second kappa shape index (κ2) is 22.2. The van der Waals surface area contributed by atoms with Gasteiger partial charge >= 0.3 is 0 Å². The van der Waals surface area contributed by atoms with E-state index in [0.29, 0.717) is 6.61 Å². The Hall–Kier alpha value is -8.66. The van der Waals surface area contributed by atoms with Gasteiger partial charge in [-0.3, -0.25) is 0 Å². The molecule has 8 aromatic carbocycles. The summed E-state index contributed by atoms with van der Waals surface area (Å²) in [6.45, 7) is 15.9. The van der Waals surface area contributed by atoms with Crippen LogP contribution in [0.15, 0.2) is 266 Å². The third kappa shape index (κ3) is 9.53. The van der Waals surface area contributed by atoms with E-state index in [1.807, 2.05) is 6.08 Å². The van der Waals surface area contributed by atoms with Gasteiger partial charge < -0.3 is 14.4 Å². The molecule has 3 heteroatoms. The molecule has 0 amide bonds. The summed E-state index contributed by atoms with van der Waals surface area (Å²) in [7, 11) is 0. The molecule has 0 saturated heterocycles. The number of anilines is 2. The minimum Gasteiger partial charge on any atom is -0.493 e. The van der Waals surface area contributed by atoms with Crippen LogP contribution in [0, 0.1) is 0 Å². The van der Waals surface area contributed by atoms with Crippen LogP contribution in [0.5, 0.6) is 11.5 Å². The number of fused-ring (bicyclic) bond motifs is 9. The van der Waals surface area contributed by atoms with Crippen molar-refractivity contribution in [3.8, 4) is 22.6 Å². The first-order valence-electron chi connectivity index (χ1n) is 28.8. The lowest BCUT2D eigenvalue weighted by Gasteiger charge is -2.40. The van der Waals surface area contributed by atoms with Gasteiger partial charge in [0.2, 0.25) is 0 Å². The van der Waals surface area contributed by atoms with Crippen LogP contribution in [0.3, 0.4) is 0 Å². The summed E-state index contributed by atoms with van der Waals surface area (Å²) in [6.07, 6.45) is 32.5. The highest BCUT2D eigenvalue weighted by Gasteiger charge is 2.43. The third-order valence-electron chi connectivity index (χ3n) is 17.3. The van der Waals surface area contributed by atoms with Gasteiger partial charge in [0.15, 0.2) is 0 Å².